The quantitative estimate of drug-likeness (QED) is 0.307. The van der Waals surface area contributed by atoms with E-state index in [1.807, 2.05) is 18.2 Å². The lowest BCUT2D eigenvalue weighted by Gasteiger charge is -2.37. The summed E-state index contributed by atoms with van der Waals surface area (Å²) in [4.78, 5) is 36.2. The number of aromatic nitrogens is 2. The van der Waals surface area contributed by atoms with Gasteiger partial charge in [0.25, 0.3) is 10.0 Å². The Hall–Kier alpha value is -4.71. The van der Waals surface area contributed by atoms with Crippen LogP contribution in [0.4, 0.5) is 16.2 Å². The predicted octanol–water partition coefficient (Wildman–Crippen LogP) is 4.48. The molecule has 1 aliphatic heterocycles. The molecule has 42 heavy (non-hydrogen) atoms. The number of amides is 2. The molecule has 1 fully saturated rings. The zero-order chi connectivity index (χ0) is 29.6. The number of hydrogen-bond acceptors (Lipinski definition) is 7. The van der Waals surface area contributed by atoms with Crippen LogP contribution in [-0.2, 0) is 20.2 Å². The van der Waals surface area contributed by atoms with E-state index in [9.17, 15) is 18.0 Å². The second-order valence-corrected chi connectivity index (χ2v) is 12.3. The van der Waals surface area contributed by atoms with Gasteiger partial charge in [-0.25, -0.2) is 18.2 Å². The van der Waals surface area contributed by atoms with Crippen LogP contribution in [0.1, 0.15) is 24.8 Å². The van der Waals surface area contributed by atoms with Gasteiger partial charge in [-0.2, -0.15) is 0 Å². The lowest BCUT2D eigenvalue weighted by Crippen LogP contribution is -2.43. The molecule has 0 saturated heterocycles. The molecule has 4 aromatic rings. The van der Waals surface area contributed by atoms with Gasteiger partial charge >= 0.3 is 6.09 Å². The maximum atomic E-state index is 13.2. The van der Waals surface area contributed by atoms with Gasteiger partial charge in [0.1, 0.15) is 12.3 Å². The molecular formula is C30H29N5O6S. The first kappa shape index (κ1) is 27.5. The van der Waals surface area contributed by atoms with Crippen LogP contribution in [0.5, 0.6) is 5.88 Å². The van der Waals surface area contributed by atoms with Crippen molar-refractivity contribution in [2.24, 2.45) is 0 Å². The minimum absolute atomic E-state index is 0.0148. The number of nitrogens with zero attached hydrogens (tertiary/aromatic N) is 4. The van der Waals surface area contributed by atoms with E-state index >= 15 is 0 Å². The number of likely N-dealkylation sites (N-methyl/N-ethyl adjacent to an activating group) is 2. The molecular weight excluding hydrogens is 558 g/mol. The maximum absolute atomic E-state index is 13.2. The number of carbonyl (C=O) groups excluding carboxylic acids is 1. The number of fused-ring (bicyclic) bond motifs is 4. The topological polar surface area (TPSA) is 142 Å². The van der Waals surface area contributed by atoms with E-state index < -0.39 is 21.5 Å². The summed E-state index contributed by atoms with van der Waals surface area (Å²) in [5.41, 5.74) is 3.54. The van der Waals surface area contributed by atoms with Crippen LogP contribution in [0.3, 0.4) is 0 Å². The second kappa shape index (κ2) is 10.3. The van der Waals surface area contributed by atoms with Crippen LogP contribution in [-0.4, -0.2) is 67.6 Å². The highest BCUT2D eigenvalue weighted by Crippen LogP contribution is 2.55. The number of anilines is 2. The fourth-order valence-electron chi connectivity index (χ4n) is 5.63. The highest BCUT2D eigenvalue weighted by molar-refractivity contribution is 7.92. The molecule has 1 aliphatic carbocycles. The number of pyridine rings is 2. The first-order chi connectivity index (χ1) is 20.1. The van der Waals surface area contributed by atoms with Gasteiger partial charge in [-0.15, -0.1) is 0 Å². The molecule has 12 heteroatoms. The summed E-state index contributed by atoms with van der Waals surface area (Å²) in [6, 6.07) is 15.3. The summed E-state index contributed by atoms with van der Waals surface area (Å²) in [5.74, 6) is 0.110. The van der Waals surface area contributed by atoms with E-state index in [0.717, 1.165) is 51.9 Å². The molecule has 0 radical (unpaired) electrons. The van der Waals surface area contributed by atoms with E-state index in [1.165, 1.54) is 19.2 Å². The number of rotatable bonds is 8. The predicted molar refractivity (Wildman–Crippen MR) is 157 cm³/mol. The summed E-state index contributed by atoms with van der Waals surface area (Å²) in [6.07, 6.45) is 4.80. The van der Waals surface area contributed by atoms with Crippen LogP contribution in [0.15, 0.2) is 71.9 Å². The van der Waals surface area contributed by atoms with Crippen molar-refractivity contribution in [3.8, 4) is 17.0 Å². The average Bonchev–Trinajstić information content (AvgIpc) is 3.20. The van der Waals surface area contributed by atoms with Gasteiger partial charge in [0.15, 0.2) is 0 Å². The van der Waals surface area contributed by atoms with E-state index in [1.54, 1.807) is 48.6 Å². The summed E-state index contributed by atoms with van der Waals surface area (Å²) < 4.78 is 34.8. The van der Waals surface area contributed by atoms with Crippen LogP contribution >= 0.6 is 0 Å². The fraction of sp³-hybridized carbons (Fsp3) is 0.267. The van der Waals surface area contributed by atoms with Gasteiger partial charge in [0.2, 0.25) is 11.8 Å². The minimum atomic E-state index is -3.98. The second-order valence-electron chi connectivity index (χ2n) is 10.6. The Balaban J connectivity index is 1.41. The number of sulfonamides is 1. The summed E-state index contributed by atoms with van der Waals surface area (Å²) in [6.45, 7) is 0.0218. The van der Waals surface area contributed by atoms with Gasteiger partial charge in [-0.1, -0.05) is 30.7 Å². The minimum Gasteiger partial charge on any atom is -0.474 e. The van der Waals surface area contributed by atoms with Crippen molar-refractivity contribution in [2.75, 3.05) is 36.9 Å². The Bertz CT molecular complexity index is 1830. The lowest BCUT2D eigenvalue weighted by molar-refractivity contribution is -0.125. The summed E-state index contributed by atoms with van der Waals surface area (Å²) in [5, 5.41) is 10.0. The molecule has 2 amide bonds. The van der Waals surface area contributed by atoms with Gasteiger partial charge in [-0.05, 0) is 48.7 Å². The number of nitrogens with one attached hydrogen (secondary N) is 1. The molecule has 11 nitrogen and oxygen atoms in total. The van der Waals surface area contributed by atoms with Crippen molar-refractivity contribution in [1.29, 1.82) is 0 Å². The number of carbonyl (C=O) groups is 2. The van der Waals surface area contributed by atoms with Gasteiger partial charge in [0.05, 0.1) is 34.3 Å². The largest absolute Gasteiger partial charge is 0.474 e. The van der Waals surface area contributed by atoms with Crippen molar-refractivity contribution in [3.05, 3.63) is 72.6 Å². The first-order valence-corrected chi connectivity index (χ1v) is 15.0. The highest BCUT2D eigenvalue weighted by atomic mass is 32.2. The lowest BCUT2D eigenvalue weighted by atomic mass is 9.64. The summed E-state index contributed by atoms with van der Waals surface area (Å²) >= 11 is 0. The standard InChI is InChI=1S/C30H29N5O6S/c1-34(29(37)38)13-14-41-27-24(33-42(39,40)21-7-4-3-5-8-21)16-20(17-32-27)19-9-10-23-22(15-19)26-25(18-31-23)35(2)28(36)30(26)11-6-12-30/h3-5,7-10,15-18,33H,6,11-14H2,1-2H3,(H,37,38). The van der Waals surface area contributed by atoms with E-state index in [4.69, 9.17) is 9.84 Å². The Labute approximate surface area is 242 Å². The molecule has 2 N–H and O–H groups in total. The van der Waals surface area contributed by atoms with E-state index in [-0.39, 0.29) is 35.5 Å². The molecule has 2 aliphatic rings. The number of benzene rings is 2. The summed E-state index contributed by atoms with van der Waals surface area (Å²) in [7, 11) is -0.790. The molecule has 2 aromatic carbocycles. The molecule has 0 atom stereocenters. The smallest absolute Gasteiger partial charge is 0.407 e. The van der Waals surface area contributed by atoms with Crippen molar-refractivity contribution in [1.82, 2.24) is 14.9 Å². The Morgan fingerprint density at radius 2 is 1.86 bits per heavy atom. The van der Waals surface area contributed by atoms with E-state index in [2.05, 4.69) is 14.7 Å². The van der Waals surface area contributed by atoms with Crippen molar-refractivity contribution >= 4 is 44.3 Å². The molecule has 1 spiro atoms. The van der Waals surface area contributed by atoms with Crippen molar-refractivity contribution < 1.29 is 27.9 Å². The number of carboxylic acid groups (broad SMARTS) is 1. The van der Waals surface area contributed by atoms with Crippen molar-refractivity contribution in [3.63, 3.8) is 0 Å². The molecule has 0 bridgehead atoms. The van der Waals surface area contributed by atoms with Crippen LogP contribution in [0, 0.1) is 0 Å². The van der Waals surface area contributed by atoms with Crippen LogP contribution < -0.4 is 14.4 Å². The van der Waals surface area contributed by atoms with Crippen molar-refractivity contribution in [2.45, 2.75) is 29.6 Å². The SMILES string of the molecule is CN(CCOc1ncc(-c2ccc3ncc4c(c3c2)C2(CCC2)C(=O)N4C)cc1NS(=O)(=O)c1ccccc1)C(=O)O. The Kier molecular flexibility index (Phi) is 6.72. The van der Waals surface area contributed by atoms with Gasteiger partial charge < -0.3 is 19.6 Å². The first-order valence-electron chi connectivity index (χ1n) is 13.5. The third-order valence-corrected chi connectivity index (χ3v) is 9.46. The zero-order valence-electron chi connectivity index (χ0n) is 23.1. The normalized spacial score (nSPS) is 15.4. The van der Waals surface area contributed by atoms with Crippen LogP contribution in [0.2, 0.25) is 0 Å². The van der Waals surface area contributed by atoms with Gasteiger partial charge in [-0.3, -0.25) is 14.5 Å². The fourth-order valence-corrected chi connectivity index (χ4v) is 6.70. The molecule has 1 saturated carbocycles. The zero-order valence-corrected chi connectivity index (χ0v) is 23.9. The van der Waals surface area contributed by atoms with E-state index in [0.29, 0.717) is 5.56 Å². The van der Waals surface area contributed by atoms with Crippen LogP contribution in [0.25, 0.3) is 22.0 Å². The highest BCUT2D eigenvalue weighted by Gasteiger charge is 2.54. The third kappa shape index (κ3) is 4.57. The molecule has 2 aromatic heterocycles. The number of ether oxygens (including phenoxy) is 1. The third-order valence-electron chi connectivity index (χ3n) is 8.08. The average molecular weight is 588 g/mol. The Morgan fingerprint density at radius 1 is 1.10 bits per heavy atom. The Morgan fingerprint density at radius 3 is 2.55 bits per heavy atom. The molecule has 3 heterocycles. The van der Waals surface area contributed by atoms with Gasteiger partial charge in [0, 0.05) is 36.8 Å². The molecule has 6 rings (SSSR count). The molecule has 0 unspecified atom stereocenters. The monoisotopic (exact) mass is 587 g/mol. The molecule has 216 valence electrons. The maximum Gasteiger partial charge on any atom is 0.407 e. The number of hydrogen-bond donors (Lipinski definition) is 2.